The van der Waals surface area contributed by atoms with Gasteiger partial charge < -0.3 is 10.2 Å². The van der Waals surface area contributed by atoms with Crippen molar-refractivity contribution < 1.29 is 9.18 Å². The van der Waals surface area contributed by atoms with E-state index in [1.807, 2.05) is 6.92 Å². The van der Waals surface area contributed by atoms with E-state index in [-0.39, 0.29) is 17.0 Å². The van der Waals surface area contributed by atoms with Gasteiger partial charge in [0, 0.05) is 24.7 Å². The summed E-state index contributed by atoms with van der Waals surface area (Å²) in [4.78, 5) is 14.1. The zero-order valence-electron chi connectivity index (χ0n) is 10.2. The van der Waals surface area contributed by atoms with Gasteiger partial charge in [-0.25, -0.2) is 4.39 Å². The number of hydrogen-bond acceptors (Lipinski definition) is 2. The van der Waals surface area contributed by atoms with Gasteiger partial charge >= 0.3 is 0 Å². The molecule has 0 radical (unpaired) electrons. The van der Waals surface area contributed by atoms with Crippen molar-refractivity contribution in [1.82, 2.24) is 10.2 Å². The Morgan fingerprint density at radius 3 is 2.94 bits per heavy atom. The third-order valence-electron chi connectivity index (χ3n) is 3.24. The summed E-state index contributed by atoms with van der Waals surface area (Å²) in [6.45, 7) is 4.27. The maximum atomic E-state index is 13.4. The third-order valence-corrected chi connectivity index (χ3v) is 3.55. The van der Waals surface area contributed by atoms with Crippen molar-refractivity contribution in [3.8, 4) is 0 Å². The molecule has 1 aromatic carbocycles. The van der Waals surface area contributed by atoms with Gasteiger partial charge in [-0.15, -0.1) is 0 Å². The van der Waals surface area contributed by atoms with Crippen LogP contribution in [0.2, 0.25) is 5.02 Å². The minimum absolute atomic E-state index is 0.0390. The van der Waals surface area contributed by atoms with E-state index in [1.165, 1.54) is 12.1 Å². The Balaban J connectivity index is 2.19. The van der Waals surface area contributed by atoms with Crippen molar-refractivity contribution in [3.05, 3.63) is 34.6 Å². The number of hydrogen-bond donors (Lipinski definition) is 1. The SMILES string of the molecule is CCN(C(=O)c1ccc(Cl)c(F)c1)C1CCNC1. The van der Waals surface area contributed by atoms with Crippen LogP contribution in [0.5, 0.6) is 0 Å². The number of carbonyl (C=O) groups is 1. The first-order valence-corrected chi connectivity index (χ1v) is 6.48. The Morgan fingerprint density at radius 2 is 2.39 bits per heavy atom. The molecule has 1 aromatic rings. The molecular weight excluding hydrogens is 255 g/mol. The van der Waals surface area contributed by atoms with Crippen molar-refractivity contribution in [3.63, 3.8) is 0 Å². The monoisotopic (exact) mass is 270 g/mol. The molecule has 1 unspecified atom stereocenters. The second-order valence-corrected chi connectivity index (χ2v) is 4.77. The third kappa shape index (κ3) is 2.65. The standard InChI is InChI=1S/C13H16ClFN2O/c1-2-17(10-5-6-16-8-10)13(18)9-3-4-11(14)12(15)7-9/h3-4,7,10,16H,2,5-6,8H2,1H3. The number of rotatable bonds is 3. The molecule has 18 heavy (non-hydrogen) atoms. The second kappa shape index (κ2) is 5.67. The number of benzene rings is 1. The lowest BCUT2D eigenvalue weighted by Crippen LogP contribution is -2.41. The molecule has 1 aliphatic rings. The van der Waals surface area contributed by atoms with Crippen LogP contribution in [0, 0.1) is 5.82 Å². The molecule has 1 aliphatic heterocycles. The highest BCUT2D eigenvalue weighted by atomic mass is 35.5. The van der Waals surface area contributed by atoms with Gasteiger partial charge in [-0.05, 0) is 38.1 Å². The molecule has 2 rings (SSSR count). The van der Waals surface area contributed by atoms with E-state index in [0.717, 1.165) is 19.5 Å². The maximum absolute atomic E-state index is 13.4. The lowest BCUT2D eigenvalue weighted by Gasteiger charge is -2.27. The van der Waals surface area contributed by atoms with Crippen molar-refractivity contribution in [2.75, 3.05) is 19.6 Å². The zero-order valence-corrected chi connectivity index (χ0v) is 11.0. The fourth-order valence-corrected chi connectivity index (χ4v) is 2.39. The van der Waals surface area contributed by atoms with Crippen molar-refractivity contribution in [1.29, 1.82) is 0 Å². The van der Waals surface area contributed by atoms with Crippen LogP contribution in [0.25, 0.3) is 0 Å². The first-order valence-electron chi connectivity index (χ1n) is 6.10. The lowest BCUT2D eigenvalue weighted by atomic mass is 10.1. The Kier molecular flexibility index (Phi) is 4.19. The van der Waals surface area contributed by atoms with E-state index >= 15 is 0 Å². The maximum Gasteiger partial charge on any atom is 0.254 e. The highest BCUT2D eigenvalue weighted by Gasteiger charge is 2.26. The molecule has 1 amide bonds. The Hall–Kier alpha value is -1.13. The Labute approximate surface area is 111 Å². The Morgan fingerprint density at radius 1 is 1.61 bits per heavy atom. The van der Waals surface area contributed by atoms with Crippen molar-refractivity contribution in [2.45, 2.75) is 19.4 Å². The van der Waals surface area contributed by atoms with Gasteiger partial charge in [0.1, 0.15) is 5.82 Å². The van der Waals surface area contributed by atoms with Crippen LogP contribution in [0.15, 0.2) is 18.2 Å². The number of likely N-dealkylation sites (N-methyl/N-ethyl adjacent to an activating group) is 1. The van der Waals surface area contributed by atoms with Crippen molar-refractivity contribution in [2.24, 2.45) is 0 Å². The summed E-state index contributed by atoms with van der Waals surface area (Å²) in [5.41, 5.74) is 0.352. The lowest BCUT2D eigenvalue weighted by molar-refractivity contribution is 0.0703. The number of amides is 1. The minimum atomic E-state index is -0.553. The molecule has 0 bridgehead atoms. The first kappa shape index (κ1) is 13.3. The van der Waals surface area contributed by atoms with Crippen LogP contribution in [0.4, 0.5) is 4.39 Å². The van der Waals surface area contributed by atoms with Crippen LogP contribution in [-0.2, 0) is 0 Å². The van der Waals surface area contributed by atoms with Crippen LogP contribution in [-0.4, -0.2) is 36.5 Å². The molecule has 5 heteroatoms. The van der Waals surface area contributed by atoms with Crippen LogP contribution in [0.1, 0.15) is 23.7 Å². The summed E-state index contributed by atoms with van der Waals surface area (Å²) in [5, 5.41) is 3.26. The normalized spacial score (nSPS) is 18.9. The fourth-order valence-electron chi connectivity index (χ4n) is 2.27. The average Bonchev–Trinajstić information content (AvgIpc) is 2.87. The zero-order chi connectivity index (χ0) is 13.1. The minimum Gasteiger partial charge on any atom is -0.335 e. The van der Waals surface area contributed by atoms with Gasteiger partial charge in [-0.3, -0.25) is 4.79 Å². The molecule has 0 spiro atoms. The van der Waals surface area contributed by atoms with E-state index in [2.05, 4.69) is 5.32 Å². The number of carbonyl (C=O) groups excluding carboxylic acids is 1. The van der Waals surface area contributed by atoms with E-state index in [4.69, 9.17) is 11.6 Å². The summed E-state index contributed by atoms with van der Waals surface area (Å²) >= 11 is 5.62. The highest BCUT2D eigenvalue weighted by Crippen LogP contribution is 2.18. The largest absolute Gasteiger partial charge is 0.335 e. The molecule has 1 saturated heterocycles. The van der Waals surface area contributed by atoms with E-state index in [9.17, 15) is 9.18 Å². The Bertz CT molecular complexity index is 447. The molecule has 1 N–H and O–H groups in total. The molecule has 0 aliphatic carbocycles. The van der Waals surface area contributed by atoms with Gasteiger partial charge in [0.05, 0.1) is 5.02 Å². The van der Waals surface area contributed by atoms with Gasteiger partial charge in [0.25, 0.3) is 5.91 Å². The number of nitrogens with one attached hydrogen (secondary N) is 1. The molecule has 0 aromatic heterocycles. The molecule has 1 atom stereocenters. The van der Waals surface area contributed by atoms with E-state index in [0.29, 0.717) is 12.1 Å². The second-order valence-electron chi connectivity index (χ2n) is 4.37. The van der Waals surface area contributed by atoms with Crippen LogP contribution >= 0.6 is 11.6 Å². The van der Waals surface area contributed by atoms with Crippen LogP contribution < -0.4 is 5.32 Å². The van der Waals surface area contributed by atoms with Gasteiger partial charge in [-0.1, -0.05) is 11.6 Å². The van der Waals surface area contributed by atoms with Crippen LogP contribution in [0.3, 0.4) is 0 Å². The molecule has 1 fully saturated rings. The topological polar surface area (TPSA) is 32.3 Å². The quantitative estimate of drug-likeness (QED) is 0.914. The summed E-state index contributed by atoms with van der Waals surface area (Å²) in [6, 6.07) is 4.39. The summed E-state index contributed by atoms with van der Waals surface area (Å²) < 4.78 is 13.4. The summed E-state index contributed by atoms with van der Waals surface area (Å²) in [6.07, 6.45) is 0.940. The molecule has 1 heterocycles. The van der Waals surface area contributed by atoms with Crippen molar-refractivity contribution >= 4 is 17.5 Å². The van der Waals surface area contributed by atoms with Gasteiger partial charge in [0.2, 0.25) is 0 Å². The smallest absolute Gasteiger partial charge is 0.254 e. The average molecular weight is 271 g/mol. The molecular formula is C13H16ClFN2O. The highest BCUT2D eigenvalue weighted by molar-refractivity contribution is 6.30. The molecule has 3 nitrogen and oxygen atoms in total. The molecule has 98 valence electrons. The fraction of sp³-hybridized carbons (Fsp3) is 0.462. The first-order chi connectivity index (χ1) is 8.63. The molecule has 0 saturated carbocycles. The predicted octanol–water partition coefficient (Wildman–Crippen LogP) is 2.30. The van der Waals surface area contributed by atoms with E-state index in [1.54, 1.807) is 11.0 Å². The number of nitrogens with zero attached hydrogens (tertiary/aromatic N) is 1. The predicted molar refractivity (Wildman–Crippen MR) is 69.4 cm³/mol. The summed E-state index contributed by atoms with van der Waals surface area (Å²) in [5.74, 6) is -0.690. The van der Waals surface area contributed by atoms with E-state index < -0.39 is 5.82 Å². The van der Waals surface area contributed by atoms with Gasteiger partial charge in [0.15, 0.2) is 0 Å². The van der Waals surface area contributed by atoms with Gasteiger partial charge in [-0.2, -0.15) is 0 Å². The number of halogens is 2. The summed E-state index contributed by atoms with van der Waals surface area (Å²) in [7, 11) is 0.